The number of ether oxygens (including phenoxy) is 1. The van der Waals surface area contributed by atoms with Crippen LogP contribution in [0.2, 0.25) is 0 Å². The third kappa shape index (κ3) is 1.64. The molecule has 0 bridgehead atoms. The predicted molar refractivity (Wildman–Crippen MR) is 70.0 cm³/mol. The molecule has 0 saturated carbocycles. The monoisotopic (exact) mass is 245 g/mol. The molecule has 0 aliphatic carbocycles. The van der Waals surface area contributed by atoms with Crippen molar-refractivity contribution in [3.63, 3.8) is 0 Å². The Kier molecular flexibility index (Phi) is 2.42. The normalized spacial score (nSPS) is 11.4. The van der Waals surface area contributed by atoms with Crippen LogP contribution < -0.4 is 5.73 Å². The molecule has 3 rings (SSSR count). The Balaban J connectivity index is 2.39. The Morgan fingerprint density at radius 3 is 2.94 bits per heavy atom. The number of aromatic nitrogens is 2. The molecule has 2 N–H and O–H groups in total. The summed E-state index contributed by atoms with van der Waals surface area (Å²) in [6.45, 7) is 0.507. The van der Waals surface area contributed by atoms with Gasteiger partial charge in [0.05, 0.1) is 16.8 Å². The Morgan fingerprint density at radius 1 is 1.29 bits per heavy atom. The van der Waals surface area contributed by atoms with Gasteiger partial charge in [-0.1, -0.05) is 18.2 Å². The summed E-state index contributed by atoms with van der Waals surface area (Å²) in [6, 6.07) is 7.95. The fourth-order valence-corrected chi connectivity index (χ4v) is 2.93. The van der Waals surface area contributed by atoms with E-state index in [1.165, 1.54) is 0 Å². The average Bonchev–Trinajstić information content (AvgIpc) is 2.74. The highest BCUT2D eigenvalue weighted by molar-refractivity contribution is 7.19. The van der Waals surface area contributed by atoms with Gasteiger partial charge < -0.3 is 10.5 Å². The first-order valence-electron chi connectivity index (χ1n) is 5.22. The Morgan fingerprint density at radius 2 is 2.12 bits per heavy atom. The van der Waals surface area contributed by atoms with Gasteiger partial charge in [-0.15, -0.1) is 11.3 Å². The van der Waals surface area contributed by atoms with Gasteiger partial charge in [0.2, 0.25) is 0 Å². The number of benzene rings is 1. The van der Waals surface area contributed by atoms with Crippen LogP contribution in [0.25, 0.3) is 21.1 Å². The number of methoxy groups -OCH3 is 1. The van der Waals surface area contributed by atoms with Crippen molar-refractivity contribution in [2.75, 3.05) is 12.8 Å². The van der Waals surface area contributed by atoms with Gasteiger partial charge in [-0.3, -0.25) is 0 Å². The van der Waals surface area contributed by atoms with Crippen LogP contribution in [-0.2, 0) is 11.3 Å². The van der Waals surface area contributed by atoms with Crippen LogP contribution >= 0.6 is 11.3 Å². The summed E-state index contributed by atoms with van der Waals surface area (Å²) in [5.41, 5.74) is 7.61. The van der Waals surface area contributed by atoms with E-state index in [0.29, 0.717) is 12.4 Å². The lowest BCUT2D eigenvalue weighted by Crippen LogP contribution is -1.92. The van der Waals surface area contributed by atoms with E-state index in [0.717, 1.165) is 26.1 Å². The fraction of sp³-hybridized carbons (Fsp3) is 0.167. The highest BCUT2D eigenvalue weighted by Gasteiger charge is 2.11. The van der Waals surface area contributed by atoms with Crippen molar-refractivity contribution in [2.45, 2.75) is 6.61 Å². The number of rotatable bonds is 2. The number of para-hydroxylation sites is 1. The molecular weight excluding hydrogens is 234 g/mol. The standard InChI is InChI=1S/C12H11N3OS/c1-16-6-9-15-10-11(17-9)7-4-2-3-5-8(7)14-12(10)13/h2-5H,6H2,1H3,(H2,13,14). The van der Waals surface area contributed by atoms with E-state index in [2.05, 4.69) is 9.97 Å². The number of pyridine rings is 1. The minimum absolute atomic E-state index is 0.484. The Bertz CT molecular complexity index is 693. The molecule has 1 aromatic carbocycles. The number of fused-ring (bicyclic) bond motifs is 3. The summed E-state index contributed by atoms with van der Waals surface area (Å²) < 4.78 is 6.18. The van der Waals surface area contributed by atoms with Crippen molar-refractivity contribution in [3.05, 3.63) is 29.3 Å². The lowest BCUT2D eigenvalue weighted by Gasteiger charge is -1.99. The lowest BCUT2D eigenvalue weighted by atomic mass is 10.2. The van der Waals surface area contributed by atoms with Gasteiger partial charge in [0.1, 0.15) is 10.5 Å². The number of nitrogen functional groups attached to an aromatic ring is 1. The number of nitrogens with two attached hydrogens (primary N) is 1. The van der Waals surface area contributed by atoms with E-state index in [4.69, 9.17) is 10.5 Å². The highest BCUT2D eigenvalue weighted by Crippen LogP contribution is 2.32. The van der Waals surface area contributed by atoms with Gasteiger partial charge in [-0.2, -0.15) is 0 Å². The van der Waals surface area contributed by atoms with Crippen molar-refractivity contribution in [1.82, 2.24) is 9.97 Å². The zero-order valence-electron chi connectivity index (χ0n) is 9.30. The quantitative estimate of drug-likeness (QED) is 0.753. The minimum Gasteiger partial charge on any atom is -0.382 e. The summed E-state index contributed by atoms with van der Waals surface area (Å²) >= 11 is 1.61. The third-order valence-corrected chi connectivity index (χ3v) is 3.63. The summed E-state index contributed by atoms with van der Waals surface area (Å²) in [7, 11) is 1.66. The predicted octanol–water partition coefficient (Wildman–Crippen LogP) is 2.57. The molecule has 2 heterocycles. The SMILES string of the molecule is COCc1nc2c(N)nc3ccccc3c2s1. The van der Waals surface area contributed by atoms with Gasteiger partial charge in [0.15, 0.2) is 5.82 Å². The lowest BCUT2D eigenvalue weighted by molar-refractivity contribution is 0.185. The van der Waals surface area contributed by atoms with E-state index >= 15 is 0 Å². The summed E-state index contributed by atoms with van der Waals surface area (Å²) in [6.07, 6.45) is 0. The first-order valence-corrected chi connectivity index (χ1v) is 6.04. The van der Waals surface area contributed by atoms with Crippen LogP contribution in [-0.4, -0.2) is 17.1 Å². The van der Waals surface area contributed by atoms with Gasteiger partial charge in [-0.05, 0) is 6.07 Å². The molecular formula is C12H11N3OS. The first kappa shape index (κ1) is 10.4. The number of nitrogens with zero attached hydrogens (tertiary/aromatic N) is 2. The number of hydrogen-bond acceptors (Lipinski definition) is 5. The fourth-order valence-electron chi connectivity index (χ4n) is 1.85. The molecule has 3 aromatic rings. The van der Waals surface area contributed by atoms with Crippen LogP contribution in [0.15, 0.2) is 24.3 Å². The maximum Gasteiger partial charge on any atom is 0.151 e. The largest absolute Gasteiger partial charge is 0.382 e. The second kappa shape index (κ2) is 3.94. The van der Waals surface area contributed by atoms with E-state index in [1.54, 1.807) is 18.4 Å². The van der Waals surface area contributed by atoms with E-state index in [-0.39, 0.29) is 0 Å². The molecule has 2 aromatic heterocycles. The van der Waals surface area contributed by atoms with Crippen molar-refractivity contribution in [1.29, 1.82) is 0 Å². The molecule has 0 fully saturated rings. The summed E-state index contributed by atoms with van der Waals surface area (Å²) in [5, 5.41) is 2.02. The summed E-state index contributed by atoms with van der Waals surface area (Å²) in [5.74, 6) is 0.484. The molecule has 0 radical (unpaired) electrons. The molecule has 0 unspecified atom stereocenters. The van der Waals surface area contributed by atoms with E-state index in [9.17, 15) is 0 Å². The minimum atomic E-state index is 0.484. The van der Waals surface area contributed by atoms with Crippen molar-refractivity contribution < 1.29 is 4.74 Å². The molecule has 0 spiro atoms. The second-order valence-corrected chi connectivity index (χ2v) is 4.82. The van der Waals surface area contributed by atoms with E-state index in [1.807, 2.05) is 24.3 Å². The molecule has 5 heteroatoms. The van der Waals surface area contributed by atoms with Crippen LogP contribution in [0.1, 0.15) is 5.01 Å². The van der Waals surface area contributed by atoms with Crippen LogP contribution in [0, 0.1) is 0 Å². The van der Waals surface area contributed by atoms with Crippen LogP contribution in [0.3, 0.4) is 0 Å². The van der Waals surface area contributed by atoms with Gasteiger partial charge in [0, 0.05) is 12.5 Å². The Hall–Kier alpha value is -1.72. The Labute approximate surface area is 102 Å². The molecule has 4 nitrogen and oxygen atoms in total. The zero-order valence-corrected chi connectivity index (χ0v) is 10.1. The molecule has 0 aliphatic heterocycles. The number of hydrogen-bond donors (Lipinski definition) is 1. The van der Waals surface area contributed by atoms with Crippen LogP contribution in [0.4, 0.5) is 5.82 Å². The second-order valence-electron chi connectivity index (χ2n) is 3.73. The molecule has 0 aliphatic rings. The van der Waals surface area contributed by atoms with Crippen LogP contribution in [0.5, 0.6) is 0 Å². The summed E-state index contributed by atoms with van der Waals surface area (Å²) in [4.78, 5) is 8.82. The van der Waals surface area contributed by atoms with Gasteiger partial charge >= 0.3 is 0 Å². The average molecular weight is 245 g/mol. The van der Waals surface area contributed by atoms with Gasteiger partial charge in [-0.25, -0.2) is 9.97 Å². The third-order valence-electron chi connectivity index (χ3n) is 2.57. The smallest absolute Gasteiger partial charge is 0.151 e. The van der Waals surface area contributed by atoms with Crippen molar-refractivity contribution in [2.24, 2.45) is 0 Å². The molecule has 0 amide bonds. The molecule has 0 saturated heterocycles. The van der Waals surface area contributed by atoms with Crippen molar-refractivity contribution >= 4 is 38.3 Å². The van der Waals surface area contributed by atoms with E-state index < -0.39 is 0 Å². The first-order chi connectivity index (χ1) is 8.29. The van der Waals surface area contributed by atoms with Gasteiger partial charge in [0.25, 0.3) is 0 Å². The van der Waals surface area contributed by atoms with Crippen molar-refractivity contribution in [3.8, 4) is 0 Å². The molecule has 17 heavy (non-hydrogen) atoms. The maximum atomic E-state index is 5.92. The maximum absolute atomic E-state index is 5.92. The topological polar surface area (TPSA) is 61.0 Å². The zero-order chi connectivity index (χ0) is 11.8. The number of thiazole rings is 1. The number of anilines is 1. The molecule has 86 valence electrons. The highest BCUT2D eigenvalue weighted by atomic mass is 32.1. The molecule has 0 atom stereocenters.